The molecule has 0 bridgehead atoms. The molecule has 5 heteroatoms. The average molecular weight is 476 g/mol. The van der Waals surface area contributed by atoms with Crippen LogP contribution < -0.4 is 4.90 Å². The maximum atomic E-state index is 15.9. The van der Waals surface area contributed by atoms with Gasteiger partial charge in [-0.15, -0.1) is 0 Å². The number of fused-ring (bicyclic) bond motifs is 1. The number of hydrogen-bond donors (Lipinski definition) is 1. The Morgan fingerprint density at radius 1 is 0.886 bits per heavy atom. The predicted molar refractivity (Wildman–Crippen MR) is 137 cm³/mol. The number of piperidine rings is 1. The van der Waals surface area contributed by atoms with Gasteiger partial charge in [-0.1, -0.05) is 42.5 Å². The largest absolute Gasteiger partial charge is 0.508 e. The molecule has 2 atom stereocenters. The first-order valence-corrected chi connectivity index (χ1v) is 12.6. The Bertz CT molecular complexity index is 1140. The number of aryl methyl sites for hydroxylation is 1. The van der Waals surface area contributed by atoms with Crippen molar-refractivity contribution in [3.05, 3.63) is 94.8 Å². The molecule has 1 saturated heterocycles. The van der Waals surface area contributed by atoms with Crippen molar-refractivity contribution in [1.82, 2.24) is 0 Å². The number of hydrogen-bond acceptors (Lipinski definition) is 4. The maximum absolute atomic E-state index is 15.9. The summed E-state index contributed by atoms with van der Waals surface area (Å²) in [6.45, 7) is 1.70. The van der Waals surface area contributed by atoms with Crippen molar-refractivity contribution in [2.75, 3.05) is 32.2 Å². The van der Waals surface area contributed by atoms with Crippen molar-refractivity contribution in [2.45, 2.75) is 43.8 Å². The molecule has 1 fully saturated rings. The van der Waals surface area contributed by atoms with Crippen molar-refractivity contribution in [3.63, 3.8) is 0 Å². The third kappa shape index (κ3) is 4.80. The van der Waals surface area contributed by atoms with Crippen LogP contribution in [0.3, 0.4) is 0 Å². The monoisotopic (exact) mass is 475 g/mol. The molecule has 2 unspecified atom stereocenters. The summed E-state index contributed by atoms with van der Waals surface area (Å²) in [6.07, 6.45) is 3.51. The molecule has 1 N–H and O–H groups in total. The summed E-state index contributed by atoms with van der Waals surface area (Å²) in [5.74, 6) is 0.550. The first-order valence-electron chi connectivity index (χ1n) is 12.6. The van der Waals surface area contributed by atoms with Gasteiger partial charge in [0, 0.05) is 44.8 Å². The summed E-state index contributed by atoms with van der Waals surface area (Å²) in [7, 11) is 3.37. The van der Waals surface area contributed by atoms with Gasteiger partial charge in [0.15, 0.2) is 6.29 Å². The number of ether oxygens (including phenoxy) is 2. The lowest BCUT2D eigenvalue weighted by atomic mass is 9.69. The molecular formula is C30H34FNO3. The standard InChI is InChI=1S/C30H34FNO3/c1-34-30(35-2)21-14-16-32(17-15-21)23-9-12-27(28(31)19-23)29-25(20-6-4-3-5-7-20)11-8-22-18-24(33)10-13-26(22)29/h3-7,9-10,12-13,18-19,21,25,29-30,33H,8,11,14-17H2,1-2H3. The molecule has 0 radical (unpaired) electrons. The number of phenolic OH excluding ortho intramolecular Hbond substituents is 1. The zero-order chi connectivity index (χ0) is 24.4. The summed E-state index contributed by atoms with van der Waals surface area (Å²) in [5.41, 5.74) is 5.10. The van der Waals surface area contributed by atoms with Gasteiger partial charge in [-0.3, -0.25) is 0 Å². The summed E-state index contributed by atoms with van der Waals surface area (Å²) in [5, 5.41) is 10.1. The van der Waals surface area contributed by atoms with Crippen molar-refractivity contribution in [3.8, 4) is 5.75 Å². The van der Waals surface area contributed by atoms with E-state index in [9.17, 15) is 5.11 Å². The number of halogens is 1. The molecule has 0 spiro atoms. The molecule has 184 valence electrons. The summed E-state index contributed by atoms with van der Waals surface area (Å²) in [6, 6.07) is 21.7. The van der Waals surface area contributed by atoms with Crippen LogP contribution >= 0.6 is 0 Å². The van der Waals surface area contributed by atoms with Gasteiger partial charge in [-0.2, -0.15) is 0 Å². The van der Waals surface area contributed by atoms with E-state index in [1.807, 2.05) is 24.3 Å². The summed E-state index contributed by atoms with van der Waals surface area (Å²) < 4.78 is 26.7. The molecule has 3 aromatic carbocycles. The molecule has 0 aromatic heterocycles. The quantitative estimate of drug-likeness (QED) is 0.429. The first kappa shape index (κ1) is 23.8. The lowest BCUT2D eigenvalue weighted by molar-refractivity contribution is -0.141. The van der Waals surface area contributed by atoms with Gasteiger partial charge in [0.1, 0.15) is 11.6 Å². The van der Waals surface area contributed by atoms with E-state index in [2.05, 4.69) is 35.2 Å². The number of methoxy groups -OCH3 is 2. The highest BCUT2D eigenvalue weighted by Crippen LogP contribution is 2.48. The fourth-order valence-corrected chi connectivity index (χ4v) is 6.13. The van der Waals surface area contributed by atoms with Crippen LogP contribution in [0.15, 0.2) is 66.7 Å². The van der Waals surface area contributed by atoms with Gasteiger partial charge < -0.3 is 19.5 Å². The Kier molecular flexibility index (Phi) is 7.07. The van der Waals surface area contributed by atoms with Crippen LogP contribution in [-0.4, -0.2) is 38.7 Å². The average Bonchev–Trinajstić information content (AvgIpc) is 2.89. The molecule has 4 nitrogen and oxygen atoms in total. The Labute approximate surface area is 207 Å². The molecule has 1 aliphatic heterocycles. The highest BCUT2D eigenvalue weighted by Gasteiger charge is 2.34. The SMILES string of the molecule is COC(OC)C1CCN(c2ccc(C3c4ccc(O)cc4CCC3c3ccccc3)c(F)c2)CC1. The fourth-order valence-electron chi connectivity index (χ4n) is 6.13. The molecule has 35 heavy (non-hydrogen) atoms. The number of nitrogens with zero attached hydrogens (tertiary/aromatic N) is 1. The Balaban J connectivity index is 1.44. The third-order valence-electron chi connectivity index (χ3n) is 7.89. The number of aromatic hydroxyl groups is 1. The lowest BCUT2D eigenvalue weighted by Crippen LogP contribution is -2.39. The van der Waals surface area contributed by atoms with Crippen molar-refractivity contribution in [1.29, 1.82) is 0 Å². The van der Waals surface area contributed by atoms with Crippen LogP contribution in [0.5, 0.6) is 5.75 Å². The summed E-state index contributed by atoms with van der Waals surface area (Å²) in [4.78, 5) is 2.26. The van der Waals surface area contributed by atoms with E-state index < -0.39 is 0 Å². The fraction of sp³-hybridized carbons (Fsp3) is 0.400. The van der Waals surface area contributed by atoms with Crippen molar-refractivity contribution >= 4 is 5.69 Å². The lowest BCUT2D eigenvalue weighted by Gasteiger charge is -2.37. The van der Waals surface area contributed by atoms with Crippen LogP contribution in [0.2, 0.25) is 0 Å². The predicted octanol–water partition coefficient (Wildman–Crippen LogP) is 6.23. The molecule has 1 heterocycles. The van der Waals surface area contributed by atoms with Gasteiger partial charge in [-0.05, 0) is 78.1 Å². The minimum atomic E-state index is -0.183. The normalized spacial score (nSPS) is 20.7. The van der Waals surface area contributed by atoms with Gasteiger partial charge in [0.2, 0.25) is 0 Å². The number of benzene rings is 3. The van der Waals surface area contributed by atoms with Gasteiger partial charge in [0.25, 0.3) is 0 Å². The Morgan fingerprint density at radius 3 is 2.29 bits per heavy atom. The van der Waals surface area contributed by atoms with Crippen LogP contribution in [0.1, 0.15) is 53.4 Å². The van der Waals surface area contributed by atoms with E-state index in [-0.39, 0.29) is 29.7 Å². The minimum absolute atomic E-state index is 0.0919. The number of phenols is 1. The number of anilines is 1. The van der Waals surface area contributed by atoms with Crippen molar-refractivity contribution in [2.24, 2.45) is 5.92 Å². The van der Waals surface area contributed by atoms with Crippen molar-refractivity contribution < 1.29 is 19.0 Å². The van der Waals surface area contributed by atoms with E-state index >= 15 is 4.39 Å². The van der Waals surface area contributed by atoms with Crippen LogP contribution in [0.4, 0.5) is 10.1 Å². The second kappa shape index (κ2) is 10.4. The third-order valence-corrected chi connectivity index (χ3v) is 7.89. The van der Waals surface area contributed by atoms with E-state index in [0.29, 0.717) is 5.92 Å². The Hall–Kier alpha value is -2.89. The Morgan fingerprint density at radius 2 is 1.60 bits per heavy atom. The topological polar surface area (TPSA) is 41.9 Å². The van der Waals surface area contributed by atoms with E-state index in [1.165, 1.54) is 5.56 Å². The highest BCUT2D eigenvalue weighted by molar-refractivity contribution is 5.53. The first-order chi connectivity index (χ1) is 17.1. The molecule has 3 aromatic rings. The molecule has 0 saturated carbocycles. The van der Waals surface area contributed by atoms with E-state index in [4.69, 9.17) is 9.47 Å². The van der Waals surface area contributed by atoms with Crippen LogP contribution in [-0.2, 0) is 15.9 Å². The molecular weight excluding hydrogens is 441 g/mol. The van der Waals surface area contributed by atoms with Crippen LogP contribution in [0.25, 0.3) is 0 Å². The molecule has 0 amide bonds. The summed E-state index contributed by atoms with van der Waals surface area (Å²) >= 11 is 0. The molecule has 1 aliphatic carbocycles. The molecule has 5 rings (SSSR count). The van der Waals surface area contributed by atoms with Crippen LogP contribution in [0, 0.1) is 11.7 Å². The molecule has 2 aliphatic rings. The van der Waals surface area contributed by atoms with Gasteiger partial charge in [-0.25, -0.2) is 4.39 Å². The maximum Gasteiger partial charge on any atom is 0.159 e. The number of rotatable bonds is 6. The van der Waals surface area contributed by atoms with E-state index in [0.717, 1.165) is 61.2 Å². The second-order valence-electron chi connectivity index (χ2n) is 9.79. The zero-order valence-electron chi connectivity index (χ0n) is 20.5. The second-order valence-corrected chi connectivity index (χ2v) is 9.79. The minimum Gasteiger partial charge on any atom is -0.508 e. The smallest absolute Gasteiger partial charge is 0.159 e. The van der Waals surface area contributed by atoms with Gasteiger partial charge in [0.05, 0.1) is 0 Å². The van der Waals surface area contributed by atoms with Gasteiger partial charge >= 0.3 is 0 Å². The van der Waals surface area contributed by atoms with E-state index in [1.54, 1.807) is 26.4 Å². The highest BCUT2D eigenvalue weighted by atomic mass is 19.1. The zero-order valence-corrected chi connectivity index (χ0v) is 20.5.